The summed E-state index contributed by atoms with van der Waals surface area (Å²) in [5, 5.41) is 3.77. The summed E-state index contributed by atoms with van der Waals surface area (Å²) < 4.78 is 0. The van der Waals surface area contributed by atoms with Crippen LogP contribution in [-0.2, 0) is 0 Å². The lowest BCUT2D eigenvalue weighted by molar-refractivity contribution is 0.0943. The molecular formula is C12H15N3O. The quantitative estimate of drug-likeness (QED) is 0.724. The Hall–Kier alpha value is -1.81. The Bertz CT molecular complexity index is 504. The maximum atomic E-state index is 11.9. The largest absolute Gasteiger partial charge is 0.360 e. The number of aromatic nitrogens is 1. The molecule has 0 aliphatic rings. The minimum absolute atomic E-state index is 0.0128. The van der Waals surface area contributed by atoms with Gasteiger partial charge in [0.1, 0.15) is 0 Å². The van der Waals surface area contributed by atoms with Crippen LogP contribution in [0.3, 0.4) is 0 Å². The number of aromatic amines is 1. The molecule has 84 valence electrons. The van der Waals surface area contributed by atoms with E-state index < -0.39 is 0 Å². The van der Waals surface area contributed by atoms with E-state index in [1.54, 1.807) is 6.20 Å². The van der Waals surface area contributed by atoms with Gasteiger partial charge in [-0.1, -0.05) is 18.2 Å². The summed E-state index contributed by atoms with van der Waals surface area (Å²) in [4.78, 5) is 15.0. The zero-order valence-corrected chi connectivity index (χ0v) is 9.16. The van der Waals surface area contributed by atoms with Crippen LogP contribution >= 0.6 is 0 Å². The van der Waals surface area contributed by atoms with E-state index in [0.717, 1.165) is 10.9 Å². The van der Waals surface area contributed by atoms with Crippen LogP contribution in [0.15, 0.2) is 30.5 Å². The van der Waals surface area contributed by atoms with Crippen molar-refractivity contribution >= 4 is 16.8 Å². The molecule has 16 heavy (non-hydrogen) atoms. The van der Waals surface area contributed by atoms with Crippen molar-refractivity contribution in [3.63, 3.8) is 0 Å². The van der Waals surface area contributed by atoms with E-state index in [4.69, 9.17) is 5.73 Å². The Morgan fingerprint density at radius 2 is 2.25 bits per heavy atom. The molecule has 0 fully saturated rings. The Balaban J connectivity index is 2.30. The molecule has 0 bridgehead atoms. The molecule has 0 radical (unpaired) electrons. The maximum Gasteiger partial charge on any atom is 0.253 e. The molecule has 2 aromatic rings. The second-order valence-corrected chi connectivity index (χ2v) is 3.86. The van der Waals surface area contributed by atoms with Crippen molar-refractivity contribution in [2.75, 3.05) is 6.54 Å². The highest BCUT2D eigenvalue weighted by atomic mass is 16.1. The molecule has 4 N–H and O–H groups in total. The maximum absolute atomic E-state index is 11.9. The van der Waals surface area contributed by atoms with Gasteiger partial charge >= 0.3 is 0 Å². The normalized spacial score (nSPS) is 12.6. The molecule has 0 spiro atoms. The van der Waals surface area contributed by atoms with Gasteiger partial charge in [0.15, 0.2) is 0 Å². The van der Waals surface area contributed by atoms with Crippen molar-refractivity contribution in [2.45, 2.75) is 13.0 Å². The number of hydrogen-bond donors (Lipinski definition) is 3. The molecule has 2 rings (SSSR count). The van der Waals surface area contributed by atoms with Gasteiger partial charge in [0, 0.05) is 29.7 Å². The van der Waals surface area contributed by atoms with Gasteiger partial charge in [0.25, 0.3) is 5.91 Å². The number of benzene rings is 1. The molecule has 4 nitrogen and oxygen atoms in total. The van der Waals surface area contributed by atoms with E-state index >= 15 is 0 Å². The van der Waals surface area contributed by atoms with Gasteiger partial charge in [-0.05, 0) is 13.0 Å². The molecule has 1 atom stereocenters. The summed E-state index contributed by atoms with van der Waals surface area (Å²) in [6, 6.07) is 7.70. The van der Waals surface area contributed by atoms with Gasteiger partial charge in [-0.15, -0.1) is 0 Å². The van der Waals surface area contributed by atoms with Gasteiger partial charge < -0.3 is 16.0 Å². The first-order valence-electron chi connectivity index (χ1n) is 5.29. The Kier molecular flexibility index (Phi) is 2.92. The lowest BCUT2D eigenvalue weighted by atomic mass is 10.1. The van der Waals surface area contributed by atoms with Crippen LogP contribution in [0.2, 0.25) is 0 Å². The van der Waals surface area contributed by atoms with Crippen LogP contribution in [0.25, 0.3) is 10.9 Å². The van der Waals surface area contributed by atoms with Gasteiger partial charge in [-0.3, -0.25) is 4.79 Å². The van der Waals surface area contributed by atoms with Crippen LogP contribution in [0.1, 0.15) is 17.3 Å². The number of nitrogens with one attached hydrogen (secondary N) is 2. The average molecular weight is 217 g/mol. The number of fused-ring (bicyclic) bond motifs is 1. The third-order valence-electron chi connectivity index (χ3n) is 2.56. The molecule has 0 aliphatic heterocycles. The second-order valence-electron chi connectivity index (χ2n) is 3.86. The zero-order chi connectivity index (χ0) is 11.5. The molecule has 0 saturated heterocycles. The number of hydrogen-bond acceptors (Lipinski definition) is 2. The fourth-order valence-corrected chi connectivity index (χ4v) is 1.62. The van der Waals surface area contributed by atoms with E-state index in [0.29, 0.717) is 12.1 Å². The third-order valence-corrected chi connectivity index (χ3v) is 2.56. The van der Waals surface area contributed by atoms with Gasteiger partial charge in [-0.2, -0.15) is 0 Å². The topological polar surface area (TPSA) is 70.9 Å². The van der Waals surface area contributed by atoms with Crippen molar-refractivity contribution < 1.29 is 4.79 Å². The predicted molar refractivity (Wildman–Crippen MR) is 64.3 cm³/mol. The Morgan fingerprint density at radius 1 is 1.50 bits per heavy atom. The molecular weight excluding hydrogens is 202 g/mol. The highest BCUT2D eigenvalue weighted by Gasteiger charge is 2.12. The van der Waals surface area contributed by atoms with Crippen LogP contribution in [0.5, 0.6) is 0 Å². The summed E-state index contributed by atoms with van der Waals surface area (Å²) in [5.41, 5.74) is 7.09. The van der Waals surface area contributed by atoms with Gasteiger partial charge in [0.2, 0.25) is 0 Å². The van der Waals surface area contributed by atoms with E-state index in [2.05, 4.69) is 10.3 Å². The predicted octanol–water partition coefficient (Wildman–Crippen LogP) is 1.24. The molecule has 4 heteroatoms. The van der Waals surface area contributed by atoms with Crippen molar-refractivity contribution in [2.24, 2.45) is 5.73 Å². The first-order chi connectivity index (χ1) is 7.72. The standard InChI is InChI=1S/C12H15N3O/c1-8(6-13)15-12(16)10-7-14-11-5-3-2-4-9(10)11/h2-5,7-8,14H,6,13H2,1H3,(H,15,16). The minimum Gasteiger partial charge on any atom is -0.360 e. The van der Waals surface area contributed by atoms with Crippen LogP contribution in [0.4, 0.5) is 0 Å². The van der Waals surface area contributed by atoms with E-state index in [1.165, 1.54) is 0 Å². The number of para-hydroxylation sites is 1. The number of nitrogens with two attached hydrogens (primary N) is 1. The van der Waals surface area contributed by atoms with Crippen molar-refractivity contribution in [3.05, 3.63) is 36.0 Å². The molecule has 1 aromatic heterocycles. The summed E-state index contributed by atoms with van der Waals surface area (Å²) in [6.45, 7) is 2.32. The molecule has 1 unspecified atom stereocenters. The highest BCUT2D eigenvalue weighted by molar-refractivity contribution is 6.06. The smallest absolute Gasteiger partial charge is 0.253 e. The Labute approximate surface area is 93.8 Å². The lowest BCUT2D eigenvalue weighted by Gasteiger charge is -2.10. The summed E-state index contributed by atoms with van der Waals surface area (Å²) >= 11 is 0. The summed E-state index contributed by atoms with van der Waals surface area (Å²) in [7, 11) is 0. The number of rotatable bonds is 3. The van der Waals surface area contributed by atoms with Crippen molar-refractivity contribution in [3.8, 4) is 0 Å². The van der Waals surface area contributed by atoms with E-state index in [9.17, 15) is 4.79 Å². The average Bonchev–Trinajstić information content (AvgIpc) is 2.72. The van der Waals surface area contributed by atoms with Crippen molar-refractivity contribution in [1.82, 2.24) is 10.3 Å². The first-order valence-corrected chi connectivity index (χ1v) is 5.29. The fourth-order valence-electron chi connectivity index (χ4n) is 1.62. The Morgan fingerprint density at radius 3 is 3.00 bits per heavy atom. The monoisotopic (exact) mass is 217 g/mol. The number of carbonyl (C=O) groups is 1. The minimum atomic E-state index is -0.0876. The lowest BCUT2D eigenvalue weighted by Crippen LogP contribution is -2.37. The molecule has 1 amide bonds. The molecule has 1 heterocycles. The van der Waals surface area contributed by atoms with Crippen LogP contribution in [0, 0.1) is 0 Å². The third kappa shape index (κ3) is 1.92. The van der Waals surface area contributed by atoms with Crippen molar-refractivity contribution in [1.29, 1.82) is 0 Å². The number of amides is 1. The zero-order valence-electron chi connectivity index (χ0n) is 9.16. The first kappa shape index (κ1) is 10.7. The van der Waals surface area contributed by atoms with Crippen LogP contribution < -0.4 is 11.1 Å². The summed E-state index contributed by atoms with van der Waals surface area (Å²) in [5.74, 6) is -0.0876. The van der Waals surface area contributed by atoms with E-state index in [-0.39, 0.29) is 11.9 Å². The summed E-state index contributed by atoms with van der Waals surface area (Å²) in [6.07, 6.45) is 1.73. The number of H-pyrrole nitrogens is 1. The fraction of sp³-hybridized carbons (Fsp3) is 0.250. The molecule has 0 aliphatic carbocycles. The second kappa shape index (κ2) is 4.37. The van der Waals surface area contributed by atoms with E-state index in [1.807, 2.05) is 31.2 Å². The highest BCUT2D eigenvalue weighted by Crippen LogP contribution is 2.17. The SMILES string of the molecule is CC(CN)NC(=O)c1c[nH]c2ccccc12. The molecule has 1 aromatic carbocycles. The van der Waals surface area contributed by atoms with Gasteiger partial charge in [-0.25, -0.2) is 0 Å². The number of carbonyl (C=O) groups excluding carboxylic acids is 1. The van der Waals surface area contributed by atoms with Gasteiger partial charge in [0.05, 0.1) is 5.56 Å². The van der Waals surface area contributed by atoms with Crippen LogP contribution in [-0.4, -0.2) is 23.5 Å². The molecule has 0 saturated carbocycles.